The second-order valence-corrected chi connectivity index (χ2v) is 6.62. The topological polar surface area (TPSA) is 117 Å². The van der Waals surface area contributed by atoms with Crippen LogP contribution in [0.15, 0.2) is 0 Å². The van der Waals surface area contributed by atoms with Crippen LogP contribution in [0.3, 0.4) is 0 Å². The van der Waals surface area contributed by atoms with Crippen LogP contribution >= 0.6 is 11.8 Å². The number of anilines is 2. The standard InChI is InChI=1S/C12H17N7O2S/c1-18(2)10-15-7(14-9(13)16-10)5-19-8(20)12(17-11(19)21)3-4-22-6-12/h3-6H2,1-2H3,(H,17,21)(H2,13,14,15,16)/t12-/m0/s1. The third-order valence-electron chi connectivity index (χ3n) is 3.65. The van der Waals surface area contributed by atoms with E-state index in [1.165, 1.54) is 0 Å². The fraction of sp³-hybridized carbons (Fsp3) is 0.583. The molecule has 3 N–H and O–H groups in total. The van der Waals surface area contributed by atoms with Gasteiger partial charge in [0.1, 0.15) is 5.54 Å². The molecule has 0 radical (unpaired) electrons. The van der Waals surface area contributed by atoms with Crippen LogP contribution in [0.1, 0.15) is 12.2 Å². The van der Waals surface area contributed by atoms with Gasteiger partial charge in [-0.3, -0.25) is 9.69 Å². The maximum Gasteiger partial charge on any atom is 0.325 e. The van der Waals surface area contributed by atoms with Crippen LogP contribution in [0.25, 0.3) is 0 Å². The number of hydrogen-bond acceptors (Lipinski definition) is 8. The van der Waals surface area contributed by atoms with Crippen molar-refractivity contribution in [2.75, 3.05) is 36.2 Å². The molecule has 3 rings (SSSR count). The molecule has 0 saturated carbocycles. The van der Waals surface area contributed by atoms with Crippen LogP contribution in [0, 0.1) is 0 Å². The second kappa shape index (κ2) is 5.27. The predicted molar refractivity (Wildman–Crippen MR) is 82.3 cm³/mol. The van der Waals surface area contributed by atoms with Gasteiger partial charge in [0.25, 0.3) is 5.91 Å². The summed E-state index contributed by atoms with van der Waals surface area (Å²) in [6, 6.07) is -0.405. The van der Waals surface area contributed by atoms with Crippen molar-refractivity contribution in [3.05, 3.63) is 5.82 Å². The molecular weight excluding hydrogens is 306 g/mol. The summed E-state index contributed by atoms with van der Waals surface area (Å²) in [6.07, 6.45) is 0.654. The Morgan fingerprint density at radius 3 is 2.77 bits per heavy atom. The molecule has 3 heterocycles. The van der Waals surface area contributed by atoms with Gasteiger partial charge in [0.05, 0.1) is 6.54 Å². The van der Waals surface area contributed by atoms with Crippen LogP contribution in [0.5, 0.6) is 0 Å². The van der Waals surface area contributed by atoms with Crippen molar-refractivity contribution in [3.63, 3.8) is 0 Å². The average Bonchev–Trinajstić information content (AvgIpc) is 3.00. The van der Waals surface area contributed by atoms with Gasteiger partial charge in [0, 0.05) is 19.8 Å². The number of thioether (sulfide) groups is 1. The molecule has 9 nitrogen and oxygen atoms in total. The van der Waals surface area contributed by atoms with E-state index < -0.39 is 11.6 Å². The van der Waals surface area contributed by atoms with E-state index in [-0.39, 0.29) is 18.4 Å². The summed E-state index contributed by atoms with van der Waals surface area (Å²) < 4.78 is 0. The number of nitrogens with zero attached hydrogens (tertiary/aromatic N) is 5. The molecule has 2 fully saturated rings. The zero-order valence-corrected chi connectivity index (χ0v) is 13.2. The molecule has 1 aromatic heterocycles. The number of carbonyl (C=O) groups is 2. The SMILES string of the molecule is CN(C)c1nc(N)nc(CN2C(=O)N[C@]3(CCSC3)C2=O)n1. The lowest BCUT2D eigenvalue weighted by Gasteiger charge is -2.19. The lowest BCUT2D eigenvalue weighted by atomic mass is 9.99. The maximum atomic E-state index is 12.6. The van der Waals surface area contributed by atoms with Crippen LogP contribution in [-0.2, 0) is 11.3 Å². The highest BCUT2D eigenvalue weighted by atomic mass is 32.2. The largest absolute Gasteiger partial charge is 0.368 e. The van der Waals surface area contributed by atoms with E-state index >= 15 is 0 Å². The first-order chi connectivity index (χ1) is 10.4. The van der Waals surface area contributed by atoms with E-state index in [1.54, 1.807) is 30.8 Å². The lowest BCUT2D eigenvalue weighted by molar-refractivity contribution is -0.131. The van der Waals surface area contributed by atoms with Gasteiger partial charge >= 0.3 is 6.03 Å². The van der Waals surface area contributed by atoms with Gasteiger partial charge in [0.15, 0.2) is 5.82 Å². The Labute approximate surface area is 131 Å². The molecule has 2 aliphatic heterocycles. The zero-order chi connectivity index (χ0) is 15.9. The molecule has 1 spiro atoms. The van der Waals surface area contributed by atoms with Crippen LogP contribution in [-0.4, -0.2) is 62.9 Å². The second-order valence-electron chi connectivity index (χ2n) is 5.51. The first-order valence-corrected chi connectivity index (χ1v) is 7.96. The van der Waals surface area contributed by atoms with E-state index in [1.807, 2.05) is 0 Å². The number of nitrogens with two attached hydrogens (primary N) is 1. The highest BCUT2D eigenvalue weighted by molar-refractivity contribution is 7.99. The quantitative estimate of drug-likeness (QED) is 0.711. The minimum Gasteiger partial charge on any atom is -0.368 e. The summed E-state index contributed by atoms with van der Waals surface area (Å²) >= 11 is 1.66. The normalized spacial score (nSPS) is 24.2. The smallest absolute Gasteiger partial charge is 0.325 e. The molecule has 1 aromatic rings. The van der Waals surface area contributed by atoms with Gasteiger partial charge in [-0.1, -0.05) is 0 Å². The Hall–Kier alpha value is -2.10. The van der Waals surface area contributed by atoms with Gasteiger partial charge in [-0.05, 0) is 12.2 Å². The van der Waals surface area contributed by atoms with E-state index in [4.69, 9.17) is 5.73 Å². The van der Waals surface area contributed by atoms with E-state index in [0.717, 1.165) is 10.7 Å². The van der Waals surface area contributed by atoms with E-state index in [2.05, 4.69) is 20.3 Å². The molecule has 2 saturated heterocycles. The first kappa shape index (κ1) is 14.8. The average molecular weight is 323 g/mol. The number of imide groups is 1. The Morgan fingerprint density at radius 1 is 1.36 bits per heavy atom. The summed E-state index contributed by atoms with van der Waals surface area (Å²) in [5.74, 6) is 2.00. The number of urea groups is 1. The minimum atomic E-state index is -0.759. The maximum absolute atomic E-state index is 12.6. The molecule has 0 bridgehead atoms. The molecule has 10 heteroatoms. The van der Waals surface area contributed by atoms with Crippen molar-refractivity contribution in [1.29, 1.82) is 0 Å². The van der Waals surface area contributed by atoms with Gasteiger partial charge < -0.3 is 16.0 Å². The number of amides is 3. The number of rotatable bonds is 3. The fourth-order valence-corrected chi connectivity index (χ4v) is 3.81. The van der Waals surface area contributed by atoms with Gasteiger partial charge in [-0.25, -0.2) is 4.79 Å². The molecule has 3 amide bonds. The third-order valence-corrected chi connectivity index (χ3v) is 4.84. The Balaban J connectivity index is 1.84. The highest BCUT2D eigenvalue weighted by Gasteiger charge is 2.53. The lowest BCUT2D eigenvalue weighted by Crippen LogP contribution is -2.46. The molecule has 0 aliphatic carbocycles. The van der Waals surface area contributed by atoms with E-state index in [9.17, 15) is 9.59 Å². The summed E-state index contributed by atoms with van der Waals surface area (Å²) in [5.41, 5.74) is 4.90. The van der Waals surface area contributed by atoms with Gasteiger partial charge in [-0.15, -0.1) is 0 Å². The highest BCUT2D eigenvalue weighted by Crippen LogP contribution is 2.33. The van der Waals surface area contributed by atoms with Gasteiger partial charge in [-0.2, -0.15) is 26.7 Å². The van der Waals surface area contributed by atoms with E-state index in [0.29, 0.717) is 23.9 Å². The molecular formula is C12H17N7O2S. The summed E-state index contributed by atoms with van der Waals surface area (Å²) in [6.45, 7) is -0.00928. The summed E-state index contributed by atoms with van der Waals surface area (Å²) in [5, 5.41) is 2.81. The molecule has 1 atom stereocenters. The Bertz CT molecular complexity index is 630. The molecule has 0 aromatic carbocycles. The number of carbonyl (C=O) groups excluding carboxylic acids is 2. The van der Waals surface area contributed by atoms with Crippen molar-refractivity contribution in [2.24, 2.45) is 0 Å². The fourth-order valence-electron chi connectivity index (χ4n) is 2.49. The first-order valence-electron chi connectivity index (χ1n) is 6.81. The summed E-state index contributed by atoms with van der Waals surface area (Å²) in [7, 11) is 3.55. The van der Waals surface area contributed by atoms with Crippen LogP contribution in [0.4, 0.5) is 16.7 Å². The van der Waals surface area contributed by atoms with Crippen molar-refractivity contribution in [1.82, 2.24) is 25.2 Å². The summed E-state index contributed by atoms with van der Waals surface area (Å²) in [4.78, 5) is 39.8. The Morgan fingerprint density at radius 2 is 2.14 bits per heavy atom. The zero-order valence-electron chi connectivity index (χ0n) is 12.4. The van der Waals surface area contributed by atoms with Crippen molar-refractivity contribution in [2.45, 2.75) is 18.5 Å². The number of nitrogens with one attached hydrogen (secondary N) is 1. The number of hydrogen-bond donors (Lipinski definition) is 2. The van der Waals surface area contributed by atoms with Crippen molar-refractivity contribution >= 4 is 35.6 Å². The minimum absolute atomic E-state index is 0.00928. The molecule has 22 heavy (non-hydrogen) atoms. The predicted octanol–water partition coefficient (Wildman–Crippen LogP) is -0.553. The molecule has 118 valence electrons. The van der Waals surface area contributed by atoms with Crippen LogP contribution in [0.2, 0.25) is 0 Å². The monoisotopic (exact) mass is 323 g/mol. The third kappa shape index (κ3) is 2.43. The van der Waals surface area contributed by atoms with Crippen LogP contribution < -0.4 is 16.0 Å². The van der Waals surface area contributed by atoms with Gasteiger partial charge in [0.2, 0.25) is 11.9 Å². The number of aromatic nitrogens is 3. The number of nitrogen functional groups attached to an aromatic ring is 1. The molecule has 0 unspecified atom stereocenters. The Kier molecular flexibility index (Phi) is 3.55. The molecule has 2 aliphatic rings. The van der Waals surface area contributed by atoms with Crippen molar-refractivity contribution in [3.8, 4) is 0 Å². The van der Waals surface area contributed by atoms with Crippen molar-refractivity contribution < 1.29 is 9.59 Å².